The Balaban J connectivity index is 1.64. The number of aliphatic hydroxyl groups excluding tert-OH is 1. The third-order valence-corrected chi connectivity index (χ3v) is 4.54. The number of hydrogen-bond donors (Lipinski definition) is 2. The molecular formula is C19H23N3O3. The molecule has 6 heteroatoms. The van der Waals surface area contributed by atoms with Gasteiger partial charge < -0.3 is 15.2 Å². The van der Waals surface area contributed by atoms with Crippen LogP contribution in [-0.4, -0.2) is 28.1 Å². The molecule has 0 fully saturated rings. The molecule has 1 aliphatic carbocycles. The molecule has 1 amide bonds. The second-order valence-corrected chi connectivity index (χ2v) is 6.25. The quantitative estimate of drug-likeness (QED) is 0.869. The molecule has 1 aromatic carbocycles. The maximum Gasteiger partial charge on any atom is 0.253 e. The molecule has 132 valence electrons. The second-order valence-electron chi connectivity index (χ2n) is 6.25. The van der Waals surface area contributed by atoms with Crippen LogP contribution in [0.2, 0.25) is 0 Å². The third kappa shape index (κ3) is 3.96. The van der Waals surface area contributed by atoms with E-state index in [2.05, 4.69) is 15.3 Å². The first kappa shape index (κ1) is 17.4. The van der Waals surface area contributed by atoms with E-state index in [1.807, 2.05) is 6.92 Å². The molecule has 6 nitrogen and oxygen atoms in total. The normalized spacial score (nSPS) is 14.5. The predicted octanol–water partition coefficient (Wildman–Crippen LogP) is 2.02. The zero-order valence-corrected chi connectivity index (χ0v) is 14.6. The highest BCUT2D eigenvalue weighted by Crippen LogP contribution is 2.22. The third-order valence-electron chi connectivity index (χ3n) is 4.54. The summed E-state index contributed by atoms with van der Waals surface area (Å²) in [4.78, 5) is 21.3. The van der Waals surface area contributed by atoms with Gasteiger partial charge in [0.05, 0.1) is 13.7 Å². The average Bonchev–Trinajstić information content (AvgIpc) is 2.65. The Morgan fingerprint density at radius 2 is 1.96 bits per heavy atom. The molecule has 0 radical (unpaired) electrons. The van der Waals surface area contributed by atoms with Crippen LogP contribution in [0.3, 0.4) is 0 Å². The summed E-state index contributed by atoms with van der Waals surface area (Å²) < 4.78 is 5.07. The van der Waals surface area contributed by atoms with Crippen LogP contribution in [0, 0.1) is 6.92 Å². The zero-order valence-electron chi connectivity index (χ0n) is 14.6. The highest BCUT2D eigenvalue weighted by molar-refractivity contribution is 5.81. The van der Waals surface area contributed by atoms with Crippen LogP contribution >= 0.6 is 0 Å². The fraction of sp³-hybridized carbons (Fsp3) is 0.421. The summed E-state index contributed by atoms with van der Waals surface area (Å²) in [6.07, 6.45) is 3.09. The second kappa shape index (κ2) is 7.61. The molecule has 1 aromatic heterocycles. The van der Waals surface area contributed by atoms with Crippen LogP contribution in [0.5, 0.6) is 5.75 Å². The molecule has 1 aliphatic rings. The molecule has 0 bridgehead atoms. The van der Waals surface area contributed by atoms with Crippen molar-refractivity contribution in [2.24, 2.45) is 0 Å². The number of carbonyl (C=O) groups excluding carboxylic acids is 1. The van der Waals surface area contributed by atoms with Gasteiger partial charge in [0.25, 0.3) is 5.91 Å². The van der Waals surface area contributed by atoms with E-state index in [1.165, 1.54) is 12.0 Å². The molecule has 3 rings (SSSR count). The molecule has 0 spiro atoms. The zero-order chi connectivity index (χ0) is 17.8. The fourth-order valence-corrected chi connectivity index (χ4v) is 3.12. The standard InChI is InChI=1S/C19H23N3O3/c1-12-15-5-3-4-6-16(15)22-17(21-12)11-20-19(24)18(23)13-7-9-14(25-2)10-8-13/h7-10,18,23H,3-6,11H2,1-2H3,(H,20,24)/t18-/m1/s1. The number of rotatable bonds is 5. The van der Waals surface area contributed by atoms with Gasteiger partial charge in [-0.15, -0.1) is 0 Å². The van der Waals surface area contributed by atoms with Gasteiger partial charge in [-0.05, 0) is 55.9 Å². The van der Waals surface area contributed by atoms with E-state index in [4.69, 9.17) is 4.74 Å². The van der Waals surface area contributed by atoms with E-state index in [1.54, 1.807) is 31.4 Å². The summed E-state index contributed by atoms with van der Waals surface area (Å²) >= 11 is 0. The summed E-state index contributed by atoms with van der Waals surface area (Å²) in [5, 5.41) is 12.9. The number of benzene rings is 1. The Morgan fingerprint density at radius 1 is 1.24 bits per heavy atom. The SMILES string of the molecule is COc1ccc([C@@H](O)C(=O)NCc2nc(C)c3c(n2)CCCC3)cc1. The lowest BCUT2D eigenvalue weighted by Crippen LogP contribution is -2.30. The maximum atomic E-state index is 12.2. The van der Waals surface area contributed by atoms with Crippen molar-refractivity contribution >= 4 is 5.91 Å². The predicted molar refractivity (Wildman–Crippen MR) is 93.2 cm³/mol. The smallest absolute Gasteiger partial charge is 0.253 e. The van der Waals surface area contributed by atoms with Crippen LogP contribution in [0.25, 0.3) is 0 Å². The number of ether oxygens (including phenoxy) is 1. The highest BCUT2D eigenvalue weighted by Gasteiger charge is 2.19. The Labute approximate surface area is 147 Å². The van der Waals surface area contributed by atoms with Gasteiger partial charge in [-0.25, -0.2) is 9.97 Å². The molecule has 0 unspecified atom stereocenters. The van der Waals surface area contributed by atoms with Crippen molar-refractivity contribution in [3.05, 3.63) is 52.6 Å². The Kier molecular flexibility index (Phi) is 5.28. The lowest BCUT2D eigenvalue weighted by atomic mass is 9.95. The number of nitrogens with one attached hydrogen (secondary N) is 1. The van der Waals surface area contributed by atoms with Crippen LogP contribution in [0.4, 0.5) is 0 Å². The fourth-order valence-electron chi connectivity index (χ4n) is 3.12. The monoisotopic (exact) mass is 341 g/mol. The number of carbonyl (C=O) groups is 1. The lowest BCUT2D eigenvalue weighted by molar-refractivity contribution is -0.129. The number of methoxy groups -OCH3 is 1. The molecule has 0 aliphatic heterocycles. The molecule has 2 aromatic rings. The van der Waals surface area contributed by atoms with Gasteiger partial charge in [0.1, 0.15) is 11.6 Å². The summed E-state index contributed by atoms with van der Waals surface area (Å²) in [5.41, 5.74) is 3.85. The first-order valence-corrected chi connectivity index (χ1v) is 8.53. The Hall–Kier alpha value is -2.47. The van der Waals surface area contributed by atoms with Gasteiger partial charge in [-0.3, -0.25) is 4.79 Å². The van der Waals surface area contributed by atoms with Gasteiger partial charge in [0.2, 0.25) is 0 Å². The number of aliphatic hydroxyl groups is 1. The first-order chi connectivity index (χ1) is 12.1. The number of hydrogen-bond acceptors (Lipinski definition) is 5. The number of fused-ring (bicyclic) bond motifs is 1. The summed E-state index contributed by atoms with van der Waals surface area (Å²) in [5.74, 6) is 0.798. The summed E-state index contributed by atoms with van der Waals surface area (Å²) in [6, 6.07) is 6.76. The largest absolute Gasteiger partial charge is 0.497 e. The number of aryl methyl sites for hydroxylation is 2. The number of amides is 1. The van der Waals surface area contributed by atoms with Crippen LogP contribution in [0.1, 0.15) is 47.3 Å². The van der Waals surface area contributed by atoms with Gasteiger partial charge in [-0.2, -0.15) is 0 Å². The molecule has 1 atom stereocenters. The molecule has 0 saturated heterocycles. The molecular weight excluding hydrogens is 318 g/mol. The number of aromatic nitrogens is 2. The summed E-state index contributed by atoms with van der Waals surface area (Å²) in [7, 11) is 1.57. The number of nitrogens with zero attached hydrogens (tertiary/aromatic N) is 2. The van der Waals surface area contributed by atoms with E-state index in [0.717, 1.165) is 30.7 Å². The minimum atomic E-state index is -1.23. The van der Waals surface area contributed by atoms with Crippen molar-refractivity contribution in [1.82, 2.24) is 15.3 Å². The van der Waals surface area contributed by atoms with E-state index in [0.29, 0.717) is 17.1 Å². The van der Waals surface area contributed by atoms with Crippen molar-refractivity contribution in [1.29, 1.82) is 0 Å². The van der Waals surface area contributed by atoms with E-state index in [-0.39, 0.29) is 6.54 Å². The Morgan fingerprint density at radius 3 is 2.68 bits per heavy atom. The molecule has 0 saturated carbocycles. The molecule has 1 heterocycles. The van der Waals surface area contributed by atoms with E-state index >= 15 is 0 Å². The minimum absolute atomic E-state index is 0.209. The molecule has 25 heavy (non-hydrogen) atoms. The van der Waals surface area contributed by atoms with Crippen molar-refractivity contribution in [2.45, 2.75) is 45.3 Å². The van der Waals surface area contributed by atoms with Crippen LogP contribution in [0.15, 0.2) is 24.3 Å². The first-order valence-electron chi connectivity index (χ1n) is 8.53. The summed E-state index contributed by atoms with van der Waals surface area (Å²) in [6.45, 7) is 2.20. The van der Waals surface area contributed by atoms with Gasteiger partial charge >= 0.3 is 0 Å². The highest BCUT2D eigenvalue weighted by atomic mass is 16.5. The van der Waals surface area contributed by atoms with Crippen molar-refractivity contribution in [2.75, 3.05) is 7.11 Å². The minimum Gasteiger partial charge on any atom is -0.497 e. The van der Waals surface area contributed by atoms with Gasteiger partial charge in [-0.1, -0.05) is 12.1 Å². The lowest BCUT2D eigenvalue weighted by Gasteiger charge is -2.18. The van der Waals surface area contributed by atoms with Crippen LogP contribution in [-0.2, 0) is 24.2 Å². The van der Waals surface area contributed by atoms with Crippen molar-refractivity contribution < 1.29 is 14.6 Å². The van der Waals surface area contributed by atoms with Crippen LogP contribution < -0.4 is 10.1 Å². The average molecular weight is 341 g/mol. The van der Waals surface area contributed by atoms with Gasteiger partial charge in [0, 0.05) is 11.4 Å². The van der Waals surface area contributed by atoms with Crippen molar-refractivity contribution in [3.63, 3.8) is 0 Å². The topological polar surface area (TPSA) is 84.3 Å². The van der Waals surface area contributed by atoms with E-state index in [9.17, 15) is 9.90 Å². The Bertz CT molecular complexity index is 759. The molecule has 2 N–H and O–H groups in total. The van der Waals surface area contributed by atoms with Gasteiger partial charge in [0.15, 0.2) is 6.10 Å². The van der Waals surface area contributed by atoms with Crippen molar-refractivity contribution in [3.8, 4) is 5.75 Å². The van der Waals surface area contributed by atoms with E-state index < -0.39 is 12.0 Å². The maximum absolute atomic E-state index is 12.2.